The molecule has 0 atom stereocenters. The fourth-order valence-corrected chi connectivity index (χ4v) is 2.77. The van der Waals surface area contributed by atoms with Gasteiger partial charge in [0.25, 0.3) is 5.91 Å². The highest BCUT2D eigenvalue weighted by Crippen LogP contribution is 2.45. The number of benzene rings is 2. The van der Waals surface area contributed by atoms with Crippen LogP contribution in [0.2, 0.25) is 0 Å². The van der Waals surface area contributed by atoms with Crippen LogP contribution in [0.1, 0.15) is 28.8 Å². The average molecular weight is 345 g/mol. The summed E-state index contributed by atoms with van der Waals surface area (Å²) in [7, 11) is 1.50. The molecule has 0 spiro atoms. The molecule has 3 rings (SSSR count). The summed E-state index contributed by atoms with van der Waals surface area (Å²) in [5, 5.41) is 11.9. The molecule has 0 aromatic heterocycles. The van der Waals surface area contributed by atoms with E-state index in [2.05, 4.69) is 5.32 Å². The van der Waals surface area contributed by atoms with E-state index in [4.69, 9.17) is 14.6 Å². The molecule has 0 unspecified atom stereocenters. The van der Waals surface area contributed by atoms with E-state index in [1.165, 1.54) is 19.2 Å². The van der Waals surface area contributed by atoms with Crippen LogP contribution in [0.25, 0.3) is 0 Å². The fourth-order valence-electron chi connectivity index (χ4n) is 2.77. The number of methoxy groups -OCH3 is 1. The summed E-state index contributed by atoms with van der Waals surface area (Å²) in [6, 6.07) is 11.2. The smallest absolute Gasteiger partial charge is 0.252 e. The molecule has 25 heavy (non-hydrogen) atoms. The van der Waals surface area contributed by atoms with Crippen LogP contribution in [0.15, 0.2) is 42.5 Å². The molecule has 6 heteroatoms. The monoisotopic (exact) mass is 345 g/mol. The summed E-state index contributed by atoms with van der Waals surface area (Å²) >= 11 is 0. The second kappa shape index (κ2) is 7.11. The van der Waals surface area contributed by atoms with Gasteiger partial charge in [-0.15, -0.1) is 0 Å². The zero-order chi connectivity index (χ0) is 17.9. The lowest BCUT2D eigenvalue weighted by Gasteiger charge is -2.19. The molecule has 2 aromatic rings. The zero-order valence-electron chi connectivity index (χ0n) is 13.9. The summed E-state index contributed by atoms with van der Waals surface area (Å²) in [5.74, 6) is 0.288. The number of carbonyl (C=O) groups is 1. The molecule has 1 amide bonds. The van der Waals surface area contributed by atoms with E-state index in [-0.39, 0.29) is 24.9 Å². The fraction of sp³-hybridized carbons (Fsp3) is 0.316. The lowest BCUT2D eigenvalue weighted by molar-refractivity contribution is 0.0930. The minimum atomic E-state index is -0.509. The van der Waals surface area contributed by atoms with E-state index < -0.39 is 5.54 Å². The predicted molar refractivity (Wildman–Crippen MR) is 90.4 cm³/mol. The Bertz CT molecular complexity index is 774. The van der Waals surface area contributed by atoms with E-state index in [0.717, 1.165) is 18.4 Å². The van der Waals surface area contributed by atoms with Crippen molar-refractivity contribution >= 4 is 5.91 Å². The van der Waals surface area contributed by atoms with E-state index >= 15 is 0 Å². The van der Waals surface area contributed by atoms with Crippen LogP contribution in [0.4, 0.5) is 4.39 Å². The van der Waals surface area contributed by atoms with Gasteiger partial charge in [-0.2, -0.15) is 0 Å². The molecule has 0 bridgehead atoms. The molecule has 1 aliphatic carbocycles. The molecule has 0 radical (unpaired) electrons. The molecule has 1 saturated carbocycles. The first-order chi connectivity index (χ1) is 12.1. The van der Waals surface area contributed by atoms with Crippen molar-refractivity contribution < 1.29 is 23.8 Å². The van der Waals surface area contributed by atoms with Gasteiger partial charge in [0.1, 0.15) is 12.4 Å². The van der Waals surface area contributed by atoms with Gasteiger partial charge in [0.2, 0.25) is 0 Å². The maximum Gasteiger partial charge on any atom is 0.252 e. The summed E-state index contributed by atoms with van der Waals surface area (Å²) in [5.41, 5.74) is 0.674. The topological polar surface area (TPSA) is 67.8 Å². The molecule has 0 aliphatic heterocycles. The quantitative estimate of drug-likeness (QED) is 0.809. The summed E-state index contributed by atoms with van der Waals surface area (Å²) < 4.78 is 24.1. The van der Waals surface area contributed by atoms with Crippen LogP contribution < -0.4 is 14.8 Å². The second-order valence-electron chi connectivity index (χ2n) is 5.98. The van der Waals surface area contributed by atoms with Gasteiger partial charge >= 0.3 is 0 Å². The Morgan fingerprint density at radius 3 is 2.68 bits per heavy atom. The third-order valence-corrected chi connectivity index (χ3v) is 4.25. The van der Waals surface area contributed by atoms with Crippen molar-refractivity contribution in [1.82, 2.24) is 5.32 Å². The number of carbonyl (C=O) groups excluding carboxylic acids is 1. The number of ether oxygens (including phenoxy) is 2. The highest BCUT2D eigenvalue weighted by molar-refractivity contribution is 5.95. The molecule has 2 aromatic carbocycles. The largest absolute Gasteiger partial charge is 0.493 e. The lowest BCUT2D eigenvalue weighted by Crippen LogP contribution is -2.34. The van der Waals surface area contributed by atoms with E-state index in [0.29, 0.717) is 17.1 Å². The SMILES string of the molecule is COc1ccc(C(=O)NC2(c3cccc(F)c3)CC2)cc1OCCO. The Balaban J connectivity index is 1.79. The Kier molecular flexibility index (Phi) is 4.90. The van der Waals surface area contributed by atoms with Crippen LogP contribution in [0.3, 0.4) is 0 Å². The summed E-state index contributed by atoms with van der Waals surface area (Å²) in [6.45, 7) is -0.0308. The minimum Gasteiger partial charge on any atom is -0.493 e. The van der Waals surface area contributed by atoms with Gasteiger partial charge in [0.15, 0.2) is 11.5 Å². The van der Waals surface area contributed by atoms with Crippen LogP contribution >= 0.6 is 0 Å². The number of halogens is 1. The first-order valence-corrected chi connectivity index (χ1v) is 8.08. The summed E-state index contributed by atoms with van der Waals surface area (Å²) in [4.78, 5) is 12.6. The Hall–Kier alpha value is -2.60. The van der Waals surface area contributed by atoms with Crippen LogP contribution in [0, 0.1) is 5.82 Å². The van der Waals surface area contributed by atoms with E-state index in [9.17, 15) is 9.18 Å². The van der Waals surface area contributed by atoms with Crippen molar-refractivity contribution in [3.63, 3.8) is 0 Å². The molecule has 5 nitrogen and oxygen atoms in total. The molecular formula is C19H20FNO4. The Morgan fingerprint density at radius 1 is 1.24 bits per heavy atom. The van der Waals surface area contributed by atoms with Gasteiger partial charge in [0.05, 0.1) is 19.3 Å². The van der Waals surface area contributed by atoms with Gasteiger partial charge < -0.3 is 19.9 Å². The molecule has 0 saturated heterocycles. The van der Waals surface area contributed by atoms with Gasteiger partial charge in [0, 0.05) is 5.56 Å². The van der Waals surface area contributed by atoms with Gasteiger partial charge in [-0.25, -0.2) is 4.39 Å². The molecule has 2 N–H and O–H groups in total. The number of nitrogens with one attached hydrogen (secondary N) is 1. The van der Waals surface area contributed by atoms with E-state index in [1.54, 1.807) is 24.3 Å². The first kappa shape index (κ1) is 17.2. The van der Waals surface area contributed by atoms with Gasteiger partial charge in [-0.05, 0) is 48.7 Å². The third kappa shape index (κ3) is 3.74. The van der Waals surface area contributed by atoms with Gasteiger partial charge in [-0.1, -0.05) is 12.1 Å². The molecule has 132 valence electrons. The normalized spacial score (nSPS) is 14.7. The number of rotatable bonds is 7. The van der Waals surface area contributed by atoms with Crippen molar-refractivity contribution in [2.75, 3.05) is 20.3 Å². The second-order valence-corrected chi connectivity index (χ2v) is 5.98. The van der Waals surface area contributed by atoms with Crippen LogP contribution in [0.5, 0.6) is 11.5 Å². The number of aliphatic hydroxyl groups is 1. The Labute approximate surface area is 145 Å². The maximum absolute atomic E-state index is 13.5. The highest BCUT2D eigenvalue weighted by atomic mass is 19.1. The Morgan fingerprint density at radius 2 is 2.04 bits per heavy atom. The van der Waals surface area contributed by atoms with Crippen LogP contribution in [-0.2, 0) is 5.54 Å². The number of amides is 1. The third-order valence-electron chi connectivity index (χ3n) is 4.25. The van der Waals surface area contributed by atoms with Crippen LogP contribution in [-0.4, -0.2) is 31.3 Å². The molecule has 0 heterocycles. The highest BCUT2D eigenvalue weighted by Gasteiger charge is 2.46. The van der Waals surface area contributed by atoms with E-state index in [1.807, 2.05) is 6.07 Å². The van der Waals surface area contributed by atoms with Crippen molar-refractivity contribution in [3.8, 4) is 11.5 Å². The number of aliphatic hydroxyl groups excluding tert-OH is 1. The number of hydrogen-bond donors (Lipinski definition) is 2. The lowest BCUT2D eigenvalue weighted by atomic mass is 10.0. The van der Waals surface area contributed by atoms with Crippen molar-refractivity contribution in [2.24, 2.45) is 0 Å². The average Bonchev–Trinajstić information content (AvgIpc) is 3.40. The maximum atomic E-state index is 13.5. The molecular weight excluding hydrogens is 325 g/mol. The molecule has 1 fully saturated rings. The van der Waals surface area contributed by atoms with Crippen molar-refractivity contribution in [1.29, 1.82) is 0 Å². The first-order valence-electron chi connectivity index (χ1n) is 8.08. The zero-order valence-corrected chi connectivity index (χ0v) is 13.9. The van der Waals surface area contributed by atoms with Crippen molar-refractivity contribution in [2.45, 2.75) is 18.4 Å². The summed E-state index contributed by atoms with van der Waals surface area (Å²) in [6.07, 6.45) is 1.54. The predicted octanol–water partition coefficient (Wildman–Crippen LogP) is 2.62. The standard InChI is InChI=1S/C19H20FNO4/c1-24-16-6-5-13(11-17(16)25-10-9-22)18(23)21-19(7-8-19)14-3-2-4-15(20)12-14/h2-6,11-12,22H,7-10H2,1H3,(H,21,23). The minimum absolute atomic E-state index is 0.106. The number of hydrogen-bond acceptors (Lipinski definition) is 4. The van der Waals surface area contributed by atoms with Gasteiger partial charge in [-0.3, -0.25) is 4.79 Å². The molecule has 1 aliphatic rings. The van der Waals surface area contributed by atoms with Crippen molar-refractivity contribution in [3.05, 3.63) is 59.4 Å².